The molecule has 0 aliphatic carbocycles. The third-order valence-electron chi connectivity index (χ3n) is 9.24. The van der Waals surface area contributed by atoms with E-state index in [1.54, 1.807) is 0 Å². The fraction of sp³-hybridized carbons (Fsp3) is 0. The third-order valence-corrected chi connectivity index (χ3v) is 9.24. The molecule has 3 aliphatic rings. The maximum absolute atomic E-state index is 3.69. The molecule has 48 heavy (non-hydrogen) atoms. The van der Waals surface area contributed by atoms with Crippen molar-refractivity contribution in [1.29, 1.82) is 0 Å². The lowest BCUT2D eigenvalue weighted by Crippen LogP contribution is -2.53. The second-order valence-electron chi connectivity index (χ2n) is 12.4. The highest BCUT2D eigenvalue weighted by molar-refractivity contribution is 6.82. The average molecular weight is 613 g/mol. The molecule has 8 rings (SSSR count). The molecule has 0 spiro atoms. The molecule has 3 nitrogen and oxygen atoms in total. The summed E-state index contributed by atoms with van der Waals surface area (Å²) < 4.78 is 0. The van der Waals surface area contributed by atoms with Crippen molar-refractivity contribution < 1.29 is 0 Å². The van der Waals surface area contributed by atoms with Gasteiger partial charge in [-0.3, -0.25) is 0 Å². The quantitative estimate of drug-likeness (QED) is 0.185. The van der Waals surface area contributed by atoms with Gasteiger partial charge in [0.15, 0.2) is 0 Å². The molecule has 0 bridgehead atoms. The Labute approximate surface area is 284 Å². The summed E-state index contributed by atoms with van der Waals surface area (Å²) in [5.74, 6) is 6.69. The summed E-state index contributed by atoms with van der Waals surface area (Å²) in [5, 5.41) is 10.7. The van der Waals surface area contributed by atoms with Crippen molar-refractivity contribution in [2.45, 2.75) is 0 Å². The Bertz CT molecular complexity index is 2010. The van der Waals surface area contributed by atoms with Crippen LogP contribution < -0.4 is 32.1 Å². The number of benzene rings is 5. The van der Waals surface area contributed by atoms with Crippen molar-refractivity contribution in [2.75, 3.05) is 0 Å². The van der Waals surface area contributed by atoms with Crippen LogP contribution in [0.25, 0.3) is 39.0 Å². The van der Waals surface area contributed by atoms with Gasteiger partial charge in [0.05, 0.1) is 0 Å². The van der Waals surface area contributed by atoms with E-state index in [9.17, 15) is 0 Å². The lowest BCUT2D eigenvalue weighted by atomic mass is 9.46. The van der Waals surface area contributed by atoms with Gasteiger partial charge in [-0.15, -0.1) is 0 Å². The lowest BCUT2D eigenvalue weighted by Gasteiger charge is -2.22. The van der Waals surface area contributed by atoms with E-state index in [0.717, 1.165) is 0 Å². The van der Waals surface area contributed by atoms with Crippen LogP contribution in [-0.4, -0.2) is 20.5 Å². The van der Waals surface area contributed by atoms with E-state index in [2.05, 4.69) is 179 Å². The summed E-state index contributed by atoms with van der Waals surface area (Å²) in [6.07, 6.45) is 16.7. The van der Waals surface area contributed by atoms with Crippen LogP contribution in [0, 0.1) is 0 Å². The average Bonchev–Trinajstić information content (AvgIpc) is 3.19. The Kier molecular flexibility index (Phi) is 8.29. The Morgan fingerprint density at radius 1 is 0.354 bits per heavy atom. The highest BCUT2D eigenvalue weighted by Gasteiger charge is 2.24. The zero-order valence-electron chi connectivity index (χ0n) is 26.6. The molecule has 0 saturated heterocycles. The maximum Gasteiger partial charge on any atom is 0.312 e. The lowest BCUT2D eigenvalue weighted by molar-refractivity contribution is 1.32. The predicted molar refractivity (Wildman–Crippen MR) is 208 cm³/mol. The number of hydrogen-bond donors (Lipinski definition) is 3. The highest BCUT2D eigenvalue weighted by atomic mass is 14.8. The van der Waals surface area contributed by atoms with Crippen LogP contribution in [0.5, 0.6) is 0 Å². The van der Waals surface area contributed by atoms with Gasteiger partial charge < -0.3 is 15.7 Å². The molecule has 0 saturated carbocycles. The van der Waals surface area contributed by atoms with Gasteiger partial charge in [-0.1, -0.05) is 156 Å². The zero-order valence-corrected chi connectivity index (χ0v) is 26.6. The molecule has 3 aliphatic heterocycles. The molecular weight excluding hydrogens is 579 g/mol. The van der Waals surface area contributed by atoms with Gasteiger partial charge in [-0.05, 0) is 93.5 Å². The summed E-state index contributed by atoms with van der Waals surface area (Å²) in [6.45, 7) is 0.368. The second-order valence-corrected chi connectivity index (χ2v) is 12.4. The van der Waals surface area contributed by atoms with Crippen molar-refractivity contribution in [3.63, 3.8) is 0 Å². The molecule has 5 aromatic rings. The van der Waals surface area contributed by atoms with E-state index in [4.69, 9.17) is 0 Å². The number of hydrogen-bond acceptors (Lipinski definition) is 3. The number of allylic oxidation sites excluding steroid dienone is 6. The SMILES string of the molecule is C1=CNB(c2cc(B3C=CC=CN3)cc(B3C=CC(c4ccc(-c5cc(-c6ccccc6)cc(-c6ccccc6)c5)cc4)=CN3)c2)C=C1. The van der Waals surface area contributed by atoms with Crippen molar-refractivity contribution >= 4 is 42.5 Å². The van der Waals surface area contributed by atoms with Gasteiger partial charge >= 0.3 is 20.5 Å². The van der Waals surface area contributed by atoms with Gasteiger partial charge in [0, 0.05) is 0 Å². The molecule has 0 amide bonds. The molecule has 6 heteroatoms. The third kappa shape index (κ3) is 6.38. The summed E-state index contributed by atoms with van der Waals surface area (Å²) in [4.78, 5) is 0. The Morgan fingerprint density at radius 2 is 0.792 bits per heavy atom. The molecule has 0 unspecified atom stereocenters. The first-order valence-electron chi connectivity index (χ1n) is 16.6. The van der Waals surface area contributed by atoms with Gasteiger partial charge in [0.25, 0.3) is 0 Å². The zero-order chi connectivity index (χ0) is 32.1. The van der Waals surface area contributed by atoms with Crippen LogP contribution in [0.15, 0.2) is 188 Å². The van der Waals surface area contributed by atoms with E-state index in [1.165, 1.54) is 60.9 Å². The Morgan fingerprint density at radius 3 is 1.21 bits per heavy atom. The molecular formula is C42H34B3N3. The molecule has 3 heterocycles. The minimum absolute atomic E-state index is 0.0788. The van der Waals surface area contributed by atoms with Crippen molar-refractivity contribution in [2.24, 2.45) is 0 Å². The first-order valence-corrected chi connectivity index (χ1v) is 16.6. The van der Waals surface area contributed by atoms with Crippen LogP contribution in [0.4, 0.5) is 0 Å². The van der Waals surface area contributed by atoms with E-state index in [1.807, 2.05) is 24.6 Å². The summed E-state index contributed by atoms with van der Waals surface area (Å²) >= 11 is 0. The van der Waals surface area contributed by atoms with Crippen molar-refractivity contribution in [3.8, 4) is 33.4 Å². The van der Waals surface area contributed by atoms with Crippen LogP contribution >= 0.6 is 0 Å². The molecule has 5 aromatic carbocycles. The molecule has 0 radical (unpaired) electrons. The van der Waals surface area contributed by atoms with Gasteiger partial charge in [-0.25, -0.2) is 0 Å². The van der Waals surface area contributed by atoms with Gasteiger partial charge in [0.2, 0.25) is 0 Å². The van der Waals surface area contributed by atoms with Crippen LogP contribution in [0.2, 0.25) is 0 Å². The summed E-state index contributed by atoms with van der Waals surface area (Å²) in [6, 6.07) is 44.0. The highest BCUT2D eigenvalue weighted by Crippen LogP contribution is 2.33. The van der Waals surface area contributed by atoms with E-state index < -0.39 is 0 Å². The molecule has 0 aromatic heterocycles. The Balaban J connectivity index is 1.05. The summed E-state index contributed by atoms with van der Waals surface area (Å²) in [5.41, 5.74) is 13.4. The maximum atomic E-state index is 3.69. The number of rotatable bonds is 7. The minimum Gasteiger partial charge on any atom is -0.427 e. The van der Waals surface area contributed by atoms with Crippen LogP contribution in [0.1, 0.15) is 5.56 Å². The van der Waals surface area contributed by atoms with E-state index in [0.29, 0.717) is 0 Å². The first kappa shape index (κ1) is 29.5. The Hall–Kier alpha value is -5.87. The monoisotopic (exact) mass is 613 g/mol. The van der Waals surface area contributed by atoms with Crippen LogP contribution in [-0.2, 0) is 0 Å². The fourth-order valence-electron chi connectivity index (χ4n) is 6.66. The van der Waals surface area contributed by atoms with Crippen molar-refractivity contribution in [3.05, 3.63) is 194 Å². The normalized spacial score (nSPS) is 14.8. The smallest absolute Gasteiger partial charge is 0.312 e. The van der Waals surface area contributed by atoms with E-state index >= 15 is 0 Å². The largest absolute Gasteiger partial charge is 0.427 e. The first-order chi connectivity index (χ1) is 23.8. The molecule has 3 N–H and O–H groups in total. The molecule has 226 valence electrons. The predicted octanol–water partition coefficient (Wildman–Crippen LogP) is 6.45. The topological polar surface area (TPSA) is 36.1 Å². The van der Waals surface area contributed by atoms with Gasteiger partial charge in [-0.2, -0.15) is 0 Å². The fourth-order valence-corrected chi connectivity index (χ4v) is 6.66. The van der Waals surface area contributed by atoms with Crippen LogP contribution in [0.3, 0.4) is 0 Å². The summed E-state index contributed by atoms with van der Waals surface area (Å²) in [7, 11) is 0. The minimum atomic E-state index is 0.0788. The van der Waals surface area contributed by atoms with Crippen molar-refractivity contribution in [1.82, 2.24) is 15.7 Å². The van der Waals surface area contributed by atoms with Gasteiger partial charge in [0.1, 0.15) is 0 Å². The second kappa shape index (κ2) is 13.5. The molecule has 0 fully saturated rings. The molecule has 0 atom stereocenters. The van der Waals surface area contributed by atoms with E-state index in [-0.39, 0.29) is 20.5 Å². The standard InChI is InChI=1S/C42H34B3N3/c1-3-11-32(12-4-1)37-25-38(33-13-5-2-6-14-33)27-39(26-37)35-17-15-34(16-18-35)36-19-22-45(48-31-36)42-29-40(43-20-7-9-23-46-43)28-41(30-42)44-21-8-10-24-47-44/h1-31,46-48H. The number of nitrogens with one attached hydrogen (secondary N) is 3.